The van der Waals surface area contributed by atoms with E-state index < -0.39 is 0 Å². The maximum Gasteiger partial charge on any atom is -1.00 e. The first kappa shape index (κ1) is 27.9. The first-order chi connectivity index (χ1) is 12.9. The van der Waals surface area contributed by atoms with E-state index in [1.807, 2.05) is 0 Å². The number of halogens is 2. The van der Waals surface area contributed by atoms with Crippen LogP contribution in [0.1, 0.15) is 74.3 Å². The molecule has 1 aliphatic carbocycles. The molecule has 30 heavy (non-hydrogen) atoms. The van der Waals surface area contributed by atoms with E-state index in [9.17, 15) is 0 Å². The fourth-order valence-corrected chi connectivity index (χ4v) is 12.4. The predicted octanol–water partition coefficient (Wildman–Crippen LogP) is 1.75. The molecule has 0 saturated carbocycles. The Labute approximate surface area is 209 Å². The second-order valence-corrected chi connectivity index (χ2v) is 23.9. The van der Waals surface area contributed by atoms with Crippen molar-refractivity contribution in [1.29, 1.82) is 0 Å². The van der Waals surface area contributed by atoms with Crippen molar-refractivity contribution in [3.8, 4) is 11.1 Å². The van der Waals surface area contributed by atoms with Crippen LogP contribution in [0.3, 0.4) is 0 Å². The molecule has 1 aliphatic rings. The van der Waals surface area contributed by atoms with Gasteiger partial charge in [-0.1, -0.05) is 0 Å². The van der Waals surface area contributed by atoms with Gasteiger partial charge in [0, 0.05) is 0 Å². The number of hydrogen-bond donors (Lipinski definition) is 0. The van der Waals surface area contributed by atoms with Gasteiger partial charge in [-0.2, -0.15) is 0 Å². The van der Waals surface area contributed by atoms with E-state index in [0.717, 1.165) is 3.63 Å². The summed E-state index contributed by atoms with van der Waals surface area (Å²) in [6.45, 7) is 21.3. The Morgan fingerprint density at radius 3 is 1.83 bits per heavy atom. The van der Waals surface area contributed by atoms with Gasteiger partial charge in [0.25, 0.3) is 0 Å². The van der Waals surface area contributed by atoms with E-state index in [4.69, 9.17) is 0 Å². The molecule has 0 aromatic heterocycles. The van der Waals surface area contributed by atoms with Crippen LogP contribution in [0.4, 0.5) is 0 Å². The fraction of sp³-hybridized carbons (Fsp3) is 0.462. The zero-order valence-electron chi connectivity index (χ0n) is 19.9. The van der Waals surface area contributed by atoms with E-state index in [1.54, 1.807) is 5.56 Å². The minimum atomic E-state index is -0.357. The normalized spacial score (nSPS) is 15.7. The maximum absolute atomic E-state index is 2.59. The number of benzene rings is 2. The second-order valence-electron chi connectivity index (χ2n) is 10.5. The van der Waals surface area contributed by atoms with Crippen molar-refractivity contribution in [1.82, 2.24) is 0 Å². The van der Waals surface area contributed by atoms with Crippen LogP contribution in [-0.2, 0) is 33.2 Å². The summed E-state index contributed by atoms with van der Waals surface area (Å²) in [6, 6.07) is 14.4. The topological polar surface area (TPSA) is 0 Å². The molecule has 1 unspecified atom stereocenters. The molecule has 2 aromatic rings. The van der Waals surface area contributed by atoms with Gasteiger partial charge in [0.1, 0.15) is 0 Å². The molecule has 4 heteroatoms. The third kappa shape index (κ3) is 6.00. The van der Waals surface area contributed by atoms with Gasteiger partial charge in [-0.3, -0.25) is 0 Å². The molecule has 0 fully saturated rings. The van der Waals surface area contributed by atoms with E-state index >= 15 is 0 Å². The molecule has 2 aromatic carbocycles. The average Bonchev–Trinajstić information content (AvgIpc) is 2.88. The SMILES string of the molecule is CC1=C[CH]([Zr+2][Si](C)C)c2cccc(-c3cc(C(C)(C)C)cc(C(C)(C)C)c3)c21.[Cl-].[Cl-]. The van der Waals surface area contributed by atoms with Gasteiger partial charge in [0.2, 0.25) is 0 Å². The third-order valence-electron chi connectivity index (χ3n) is 5.66. The number of hydrogen-bond acceptors (Lipinski definition) is 0. The molecule has 0 aliphatic heterocycles. The minimum absolute atomic E-state index is 0. The Morgan fingerprint density at radius 2 is 1.37 bits per heavy atom. The Morgan fingerprint density at radius 1 is 0.833 bits per heavy atom. The monoisotopic (exact) mass is 535 g/mol. The molecular weight excluding hydrogens is 503 g/mol. The van der Waals surface area contributed by atoms with Gasteiger partial charge >= 0.3 is 186 Å². The standard InChI is InChI=1S/C24H29.C2H6Si.2ClH.Zr/c1-16-11-12-17-9-8-10-21(22(16)17)18-13-19(23(2,3)4)15-20(14-18)24(5,6)7;1-3-2;;;/h8-15H,1-7H3;1-2H3;2*1H;/q;;;;+2/p-2. The summed E-state index contributed by atoms with van der Waals surface area (Å²) >= 11 is -0.357. The van der Waals surface area contributed by atoms with Gasteiger partial charge in [-0.05, 0) is 0 Å². The first-order valence-corrected chi connectivity index (χ1v) is 18.0. The van der Waals surface area contributed by atoms with Crippen molar-refractivity contribution >= 4 is 11.5 Å². The summed E-state index contributed by atoms with van der Waals surface area (Å²) in [6.07, 6.45) is 2.59. The molecule has 1 radical (unpaired) electrons. The van der Waals surface area contributed by atoms with Crippen LogP contribution < -0.4 is 24.8 Å². The van der Waals surface area contributed by atoms with E-state index in [-0.39, 0.29) is 64.0 Å². The Bertz CT molecular complexity index is 885. The second kappa shape index (κ2) is 10.2. The summed E-state index contributed by atoms with van der Waals surface area (Å²) in [5, 5.41) is 0. The van der Waals surface area contributed by atoms with Crippen molar-refractivity contribution in [2.24, 2.45) is 0 Å². The molecular formula is C26H35Cl2SiZr. The number of allylic oxidation sites excluding steroid dienone is 2. The Hall–Kier alpha value is -0.140. The average molecular weight is 538 g/mol. The summed E-state index contributed by atoms with van der Waals surface area (Å²) in [4.78, 5) is 0. The Kier molecular flexibility index (Phi) is 9.48. The first-order valence-electron chi connectivity index (χ1n) is 10.4. The van der Waals surface area contributed by atoms with Crippen molar-refractivity contribution in [2.75, 3.05) is 0 Å². The summed E-state index contributed by atoms with van der Waals surface area (Å²) < 4.78 is 0.773. The third-order valence-corrected chi connectivity index (χ3v) is 14.3. The van der Waals surface area contributed by atoms with E-state index in [2.05, 4.69) is 104 Å². The van der Waals surface area contributed by atoms with Crippen molar-refractivity contribution in [3.05, 3.63) is 64.7 Å². The largest absolute Gasteiger partial charge is 1.00 e. The number of fused-ring (bicyclic) bond motifs is 1. The van der Waals surface area contributed by atoms with Crippen LogP contribution in [0.15, 0.2) is 42.5 Å². The van der Waals surface area contributed by atoms with E-state index in [0.29, 0.717) is 0 Å². The molecule has 1 atom stereocenters. The van der Waals surface area contributed by atoms with Gasteiger partial charge in [0.15, 0.2) is 0 Å². The van der Waals surface area contributed by atoms with Crippen LogP contribution >= 0.6 is 0 Å². The number of rotatable bonds is 3. The van der Waals surface area contributed by atoms with Crippen LogP contribution in [-0.4, -0.2) is 5.92 Å². The molecule has 0 saturated heterocycles. The molecule has 0 bridgehead atoms. The van der Waals surface area contributed by atoms with Crippen molar-refractivity contribution in [3.63, 3.8) is 0 Å². The van der Waals surface area contributed by atoms with Gasteiger partial charge in [-0.25, -0.2) is 0 Å². The molecule has 0 heterocycles. The Balaban J connectivity index is 0.00000225. The predicted molar refractivity (Wildman–Crippen MR) is 123 cm³/mol. The minimum Gasteiger partial charge on any atom is -1.00 e. The van der Waals surface area contributed by atoms with Crippen LogP contribution in [0, 0.1) is 0 Å². The smallest absolute Gasteiger partial charge is 1.00 e. The fourth-order valence-electron chi connectivity index (χ4n) is 4.01. The van der Waals surface area contributed by atoms with Crippen LogP contribution in [0.2, 0.25) is 13.1 Å². The van der Waals surface area contributed by atoms with Crippen LogP contribution in [0.25, 0.3) is 16.7 Å². The zero-order chi connectivity index (χ0) is 20.9. The zero-order valence-corrected chi connectivity index (χ0v) is 24.8. The van der Waals surface area contributed by atoms with Gasteiger partial charge in [0.05, 0.1) is 0 Å². The quantitative estimate of drug-likeness (QED) is 0.524. The maximum atomic E-state index is 2.59. The van der Waals surface area contributed by atoms with Crippen LogP contribution in [0.5, 0.6) is 0 Å². The summed E-state index contributed by atoms with van der Waals surface area (Å²) in [5.41, 5.74) is 10.7. The molecule has 161 valence electrons. The molecule has 0 amide bonds. The molecule has 0 nitrogen and oxygen atoms in total. The van der Waals surface area contributed by atoms with Gasteiger partial charge < -0.3 is 24.8 Å². The summed E-state index contributed by atoms with van der Waals surface area (Å²) in [7, 11) is 0. The van der Waals surface area contributed by atoms with Gasteiger partial charge in [-0.15, -0.1) is 0 Å². The molecule has 3 rings (SSSR count). The molecule has 0 spiro atoms. The van der Waals surface area contributed by atoms with E-state index in [1.165, 1.54) is 33.4 Å². The van der Waals surface area contributed by atoms with Crippen molar-refractivity contribution < 1.29 is 47.2 Å². The van der Waals surface area contributed by atoms with Crippen molar-refractivity contribution in [2.45, 2.75) is 76.0 Å². The summed E-state index contributed by atoms with van der Waals surface area (Å²) in [5.74, 6) is -0.0852. The molecule has 0 N–H and O–H groups in total.